The maximum Gasteiger partial charge on any atom is 0.253 e. The van der Waals surface area contributed by atoms with Gasteiger partial charge < -0.3 is 19.9 Å². The molecule has 0 saturated carbocycles. The molecule has 0 bridgehead atoms. The number of carbonyl (C=O) groups is 2. The molecular formula is C23H25Cl2N3O3S. The number of carbonyl (C=O) groups excluding carboxylic acids is 2. The Morgan fingerprint density at radius 1 is 1.16 bits per heavy atom. The Morgan fingerprint density at radius 2 is 1.97 bits per heavy atom. The lowest BCUT2D eigenvalue weighted by molar-refractivity contribution is -0.118. The van der Waals surface area contributed by atoms with Crippen molar-refractivity contribution >= 4 is 63.4 Å². The van der Waals surface area contributed by atoms with Crippen molar-refractivity contribution in [1.82, 2.24) is 9.88 Å². The average Bonchev–Trinajstić information content (AvgIpc) is 3.17. The molecule has 0 aliphatic rings. The Kier molecular flexibility index (Phi) is 8.87. The molecule has 2 N–H and O–H groups in total. The number of hydrogen-bond donors (Lipinski definition) is 2. The Bertz CT molecular complexity index is 1100. The summed E-state index contributed by atoms with van der Waals surface area (Å²) in [4.78, 5) is 25.7. The van der Waals surface area contributed by atoms with Crippen molar-refractivity contribution in [2.45, 2.75) is 19.0 Å². The van der Waals surface area contributed by atoms with E-state index in [0.717, 1.165) is 17.4 Å². The topological polar surface area (TPSA) is 72.4 Å². The van der Waals surface area contributed by atoms with Crippen LogP contribution in [0.3, 0.4) is 0 Å². The van der Waals surface area contributed by atoms with Crippen LogP contribution in [0, 0.1) is 0 Å². The molecular weight excluding hydrogens is 469 g/mol. The fraction of sp³-hybridized carbons (Fsp3) is 0.304. The normalized spacial score (nSPS) is 12.0. The molecule has 1 aromatic heterocycles. The van der Waals surface area contributed by atoms with Crippen molar-refractivity contribution in [3.05, 3.63) is 64.3 Å². The summed E-state index contributed by atoms with van der Waals surface area (Å²) in [5.41, 5.74) is 2.00. The number of thioether (sulfide) groups is 1. The standard InChI is InChI=1S/C23H25Cl2N3O3S/c1-31-11-10-28-9-7-15-13-17(4-6-21(15)28)26-23(30)20(8-12-32-2)27-22(29)18-5-3-16(24)14-19(18)25/h3-7,9,13-14,20H,8,10-12H2,1-2H3,(H,26,30)(H,27,29). The number of amides is 2. The van der Waals surface area contributed by atoms with Crippen LogP contribution in [0.15, 0.2) is 48.7 Å². The van der Waals surface area contributed by atoms with Crippen LogP contribution in [-0.4, -0.2) is 48.1 Å². The van der Waals surface area contributed by atoms with Crippen LogP contribution in [0.4, 0.5) is 5.69 Å². The van der Waals surface area contributed by atoms with Gasteiger partial charge in [-0.15, -0.1) is 0 Å². The highest BCUT2D eigenvalue weighted by Crippen LogP contribution is 2.22. The van der Waals surface area contributed by atoms with Gasteiger partial charge in [0.15, 0.2) is 0 Å². The van der Waals surface area contributed by atoms with Gasteiger partial charge in [0.05, 0.1) is 17.2 Å². The quantitative estimate of drug-likeness (QED) is 0.412. The van der Waals surface area contributed by atoms with Gasteiger partial charge in [0, 0.05) is 41.5 Å². The average molecular weight is 494 g/mol. The lowest BCUT2D eigenvalue weighted by atomic mass is 10.1. The molecule has 0 aliphatic carbocycles. The number of nitrogens with zero attached hydrogens (tertiary/aromatic N) is 1. The molecule has 1 heterocycles. The molecule has 3 aromatic rings. The van der Waals surface area contributed by atoms with Crippen molar-refractivity contribution < 1.29 is 14.3 Å². The maximum atomic E-state index is 13.0. The summed E-state index contributed by atoms with van der Waals surface area (Å²) in [6, 6.07) is 11.7. The number of fused-ring (bicyclic) bond motifs is 1. The SMILES string of the molecule is COCCn1ccc2cc(NC(=O)C(CCSC)NC(=O)c3ccc(Cl)cc3Cl)ccc21. The largest absolute Gasteiger partial charge is 0.383 e. The number of aromatic nitrogens is 1. The summed E-state index contributed by atoms with van der Waals surface area (Å²) in [5, 5.41) is 7.42. The monoisotopic (exact) mass is 493 g/mol. The van der Waals surface area contributed by atoms with E-state index in [-0.39, 0.29) is 16.5 Å². The third kappa shape index (κ3) is 6.19. The molecule has 9 heteroatoms. The second kappa shape index (κ2) is 11.6. The molecule has 0 aliphatic heterocycles. The van der Waals surface area contributed by atoms with E-state index in [1.807, 2.05) is 36.7 Å². The van der Waals surface area contributed by atoms with Crippen LogP contribution in [-0.2, 0) is 16.1 Å². The zero-order valence-corrected chi connectivity index (χ0v) is 20.2. The smallest absolute Gasteiger partial charge is 0.253 e. The van der Waals surface area contributed by atoms with Gasteiger partial charge in [-0.1, -0.05) is 23.2 Å². The van der Waals surface area contributed by atoms with Gasteiger partial charge >= 0.3 is 0 Å². The minimum absolute atomic E-state index is 0.238. The summed E-state index contributed by atoms with van der Waals surface area (Å²) < 4.78 is 7.25. The fourth-order valence-electron chi connectivity index (χ4n) is 3.31. The van der Waals surface area contributed by atoms with Gasteiger partial charge in [0.1, 0.15) is 6.04 Å². The van der Waals surface area contributed by atoms with E-state index in [1.165, 1.54) is 6.07 Å². The van der Waals surface area contributed by atoms with Crippen LogP contribution in [0.2, 0.25) is 10.0 Å². The molecule has 0 spiro atoms. The number of halogens is 2. The van der Waals surface area contributed by atoms with Crippen LogP contribution in [0.5, 0.6) is 0 Å². The molecule has 1 atom stereocenters. The Labute approximate surface area is 201 Å². The lowest BCUT2D eigenvalue weighted by Crippen LogP contribution is -2.44. The van der Waals surface area contributed by atoms with Gasteiger partial charge in [-0.05, 0) is 60.9 Å². The molecule has 0 saturated heterocycles. The van der Waals surface area contributed by atoms with Gasteiger partial charge in [-0.2, -0.15) is 11.8 Å². The molecule has 6 nitrogen and oxygen atoms in total. The number of hydrogen-bond acceptors (Lipinski definition) is 4. The molecule has 32 heavy (non-hydrogen) atoms. The highest BCUT2D eigenvalue weighted by molar-refractivity contribution is 7.98. The maximum absolute atomic E-state index is 13.0. The zero-order valence-electron chi connectivity index (χ0n) is 17.9. The van der Waals surface area contributed by atoms with E-state index >= 15 is 0 Å². The summed E-state index contributed by atoms with van der Waals surface area (Å²) in [7, 11) is 1.67. The third-order valence-electron chi connectivity index (χ3n) is 4.98. The van der Waals surface area contributed by atoms with Crippen molar-refractivity contribution in [2.24, 2.45) is 0 Å². The predicted octanol–water partition coefficient (Wildman–Crippen LogP) is 5.08. The highest BCUT2D eigenvalue weighted by Gasteiger charge is 2.22. The second-order valence-corrected chi connectivity index (χ2v) is 9.03. The van der Waals surface area contributed by atoms with Crippen LogP contribution in [0.25, 0.3) is 10.9 Å². The van der Waals surface area contributed by atoms with E-state index in [9.17, 15) is 9.59 Å². The van der Waals surface area contributed by atoms with Crippen LogP contribution < -0.4 is 10.6 Å². The van der Waals surface area contributed by atoms with Crippen molar-refractivity contribution in [3.63, 3.8) is 0 Å². The summed E-state index contributed by atoms with van der Waals surface area (Å²) in [6.07, 6.45) is 4.43. The molecule has 1 unspecified atom stereocenters. The number of rotatable bonds is 10. The first kappa shape index (κ1) is 24.5. The molecule has 2 aromatic carbocycles. The Hall–Kier alpha value is -2.19. The van der Waals surface area contributed by atoms with E-state index in [0.29, 0.717) is 29.5 Å². The Morgan fingerprint density at radius 3 is 2.69 bits per heavy atom. The highest BCUT2D eigenvalue weighted by atomic mass is 35.5. The number of anilines is 1. The van der Waals surface area contributed by atoms with Gasteiger partial charge in [-0.3, -0.25) is 9.59 Å². The number of ether oxygens (including phenoxy) is 1. The van der Waals surface area contributed by atoms with E-state index < -0.39 is 11.9 Å². The lowest BCUT2D eigenvalue weighted by Gasteiger charge is -2.19. The molecule has 170 valence electrons. The number of nitrogens with one attached hydrogen (secondary N) is 2. The van der Waals surface area contributed by atoms with E-state index in [4.69, 9.17) is 27.9 Å². The summed E-state index contributed by atoms with van der Waals surface area (Å²) in [5.74, 6) is 0.0166. The Balaban J connectivity index is 1.73. The first-order valence-corrected chi connectivity index (χ1v) is 12.2. The van der Waals surface area contributed by atoms with Crippen LogP contribution in [0.1, 0.15) is 16.8 Å². The number of benzene rings is 2. The van der Waals surface area contributed by atoms with Gasteiger partial charge in [0.2, 0.25) is 5.91 Å². The van der Waals surface area contributed by atoms with E-state index in [2.05, 4.69) is 15.2 Å². The third-order valence-corrected chi connectivity index (χ3v) is 6.17. The first-order valence-electron chi connectivity index (χ1n) is 10.1. The molecule has 3 rings (SSSR count). The second-order valence-electron chi connectivity index (χ2n) is 7.20. The van der Waals surface area contributed by atoms with Gasteiger partial charge in [-0.25, -0.2) is 0 Å². The zero-order chi connectivity index (χ0) is 23.1. The van der Waals surface area contributed by atoms with E-state index in [1.54, 1.807) is 31.0 Å². The minimum Gasteiger partial charge on any atom is -0.383 e. The summed E-state index contributed by atoms with van der Waals surface area (Å²) >= 11 is 13.7. The van der Waals surface area contributed by atoms with Crippen molar-refractivity contribution in [1.29, 1.82) is 0 Å². The fourth-order valence-corrected chi connectivity index (χ4v) is 4.27. The predicted molar refractivity (Wildman–Crippen MR) is 133 cm³/mol. The van der Waals surface area contributed by atoms with Crippen molar-refractivity contribution in [2.75, 3.05) is 31.0 Å². The van der Waals surface area contributed by atoms with Crippen molar-refractivity contribution in [3.8, 4) is 0 Å². The number of methoxy groups -OCH3 is 1. The first-order chi connectivity index (χ1) is 15.4. The van der Waals surface area contributed by atoms with Crippen LogP contribution >= 0.6 is 35.0 Å². The molecule has 2 amide bonds. The summed E-state index contributed by atoms with van der Waals surface area (Å²) in [6.45, 7) is 1.37. The minimum atomic E-state index is -0.705. The molecule has 0 fully saturated rings. The molecule has 0 radical (unpaired) electrons. The van der Waals surface area contributed by atoms with Gasteiger partial charge in [0.25, 0.3) is 5.91 Å².